The van der Waals surface area contributed by atoms with Crippen LogP contribution in [0.2, 0.25) is 5.02 Å². The van der Waals surface area contributed by atoms with Gasteiger partial charge in [0.1, 0.15) is 11.6 Å². The summed E-state index contributed by atoms with van der Waals surface area (Å²) in [6, 6.07) is 11.9. The lowest BCUT2D eigenvalue weighted by molar-refractivity contribution is -0.113. The molecule has 0 radical (unpaired) electrons. The Morgan fingerprint density at radius 3 is 2.55 bits per heavy atom. The average Bonchev–Trinajstić information content (AvgIpc) is 2.41. The van der Waals surface area contributed by atoms with E-state index in [2.05, 4.69) is 5.32 Å². The number of nitrogens with one attached hydrogen (secondary N) is 1. The number of amides is 1. The number of hydrogen-bond donors (Lipinski definition) is 1. The quantitative estimate of drug-likeness (QED) is 0.942. The lowest BCUT2D eigenvalue weighted by Crippen LogP contribution is -2.19. The first kappa shape index (κ1) is 14.7. The van der Waals surface area contributed by atoms with Gasteiger partial charge in [-0.2, -0.15) is 0 Å². The van der Waals surface area contributed by atoms with Crippen molar-refractivity contribution in [3.8, 4) is 0 Å². The third-order valence-electron chi connectivity index (χ3n) is 2.45. The third kappa shape index (κ3) is 4.15. The van der Waals surface area contributed by atoms with E-state index in [1.807, 2.05) is 0 Å². The number of rotatable bonds is 4. The van der Waals surface area contributed by atoms with Gasteiger partial charge in [0.25, 0.3) is 0 Å². The highest BCUT2D eigenvalue weighted by Gasteiger charge is 2.11. The number of benzene rings is 2. The summed E-state index contributed by atoms with van der Waals surface area (Å²) in [5, 5.41) is 3.02. The molecule has 0 aliphatic rings. The first-order valence-electron chi connectivity index (χ1n) is 5.74. The second kappa shape index (κ2) is 6.63. The second-order valence-electron chi connectivity index (χ2n) is 4.00. The van der Waals surface area contributed by atoms with Crippen molar-refractivity contribution in [2.75, 3.05) is 11.1 Å². The summed E-state index contributed by atoms with van der Waals surface area (Å²) >= 11 is 5.80. The van der Waals surface area contributed by atoms with E-state index in [-0.39, 0.29) is 11.6 Å². The predicted molar refractivity (Wildman–Crippen MR) is 77.8 cm³/mol. The third-order valence-corrected chi connectivity index (χ3v) is 3.99. The van der Waals surface area contributed by atoms with E-state index in [0.29, 0.717) is 15.6 Å². The van der Waals surface area contributed by atoms with Gasteiger partial charge in [-0.15, -0.1) is 0 Å². The van der Waals surface area contributed by atoms with E-state index in [9.17, 15) is 13.4 Å². The first-order chi connectivity index (χ1) is 9.54. The molecule has 3 nitrogen and oxygen atoms in total. The Labute approximate surface area is 123 Å². The highest BCUT2D eigenvalue weighted by molar-refractivity contribution is 7.85. The van der Waals surface area contributed by atoms with E-state index in [1.165, 1.54) is 24.3 Å². The molecule has 0 fully saturated rings. The summed E-state index contributed by atoms with van der Waals surface area (Å²) in [5.41, 5.74) is 0.458. The zero-order valence-electron chi connectivity index (χ0n) is 10.3. The Morgan fingerprint density at radius 2 is 1.90 bits per heavy atom. The molecule has 0 saturated heterocycles. The normalized spacial score (nSPS) is 11.9. The van der Waals surface area contributed by atoms with E-state index < -0.39 is 16.7 Å². The zero-order valence-corrected chi connectivity index (χ0v) is 11.9. The fourth-order valence-electron chi connectivity index (χ4n) is 1.54. The molecule has 104 valence electrons. The van der Waals surface area contributed by atoms with Gasteiger partial charge in [-0.05, 0) is 42.5 Å². The molecule has 0 aromatic heterocycles. The van der Waals surface area contributed by atoms with Crippen LogP contribution >= 0.6 is 11.6 Å². The number of carbonyl (C=O) groups is 1. The molecule has 1 atom stereocenters. The van der Waals surface area contributed by atoms with Crippen molar-refractivity contribution in [2.24, 2.45) is 0 Å². The van der Waals surface area contributed by atoms with Gasteiger partial charge >= 0.3 is 0 Å². The standard InChI is InChI=1S/C14H11ClFNO2S/c15-10-2-1-3-13(8-10)20(19)9-14(18)17-12-6-4-11(16)5-7-12/h1-8H,9H2,(H,17,18)/t20-/m1/s1. The number of hydrogen-bond acceptors (Lipinski definition) is 2. The maximum Gasteiger partial charge on any atom is 0.237 e. The summed E-state index contributed by atoms with van der Waals surface area (Å²) in [4.78, 5) is 12.2. The van der Waals surface area contributed by atoms with Crippen LogP contribution in [0.15, 0.2) is 53.4 Å². The minimum atomic E-state index is -1.47. The smallest absolute Gasteiger partial charge is 0.237 e. The lowest BCUT2D eigenvalue weighted by Gasteiger charge is -2.05. The topological polar surface area (TPSA) is 46.2 Å². The summed E-state index contributed by atoms with van der Waals surface area (Å²) in [6.07, 6.45) is 0. The van der Waals surface area contributed by atoms with E-state index >= 15 is 0 Å². The molecule has 0 aliphatic carbocycles. The van der Waals surface area contributed by atoms with Crippen molar-refractivity contribution in [1.82, 2.24) is 0 Å². The molecule has 1 amide bonds. The summed E-state index contributed by atoms with van der Waals surface area (Å²) in [7, 11) is -1.47. The van der Waals surface area contributed by atoms with Gasteiger partial charge < -0.3 is 5.32 Å². The molecule has 20 heavy (non-hydrogen) atoms. The van der Waals surface area contributed by atoms with Crippen LogP contribution in [0.4, 0.5) is 10.1 Å². The van der Waals surface area contributed by atoms with Crippen molar-refractivity contribution in [1.29, 1.82) is 0 Å². The highest BCUT2D eigenvalue weighted by atomic mass is 35.5. The molecular weight excluding hydrogens is 301 g/mol. The van der Waals surface area contributed by atoms with Crippen LogP contribution in [-0.4, -0.2) is 15.9 Å². The minimum absolute atomic E-state index is 0.183. The van der Waals surface area contributed by atoms with Crippen LogP contribution in [0.5, 0.6) is 0 Å². The van der Waals surface area contributed by atoms with Gasteiger partial charge in [-0.3, -0.25) is 9.00 Å². The Bertz CT molecular complexity index is 646. The largest absolute Gasteiger partial charge is 0.325 e. The van der Waals surface area contributed by atoms with Gasteiger partial charge in [0.2, 0.25) is 5.91 Å². The van der Waals surface area contributed by atoms with Crippen molar-refractivity contribution >= 4 is 34.0 Å². The van der Waals surface area contributed by atoms with Gasteiger partial charge in [0.05, 0.1) is 10.8 Å². The zero-order chi connectivity index (χ0) is 14.5. The first-order valence-corrected chi connectivity index (χ1v) is 7.43. The molecule has 2 aromatic carbocycles. The SMILES string of the molecule is O=C(C[S@@](=O)c1cccc(Cl)c1)Nc1ccc(F)cc1. The van der Waals surface area contributed by atoms with Crippen LogP contribution < -0.4 is 5.32 Å². The average molecular weight is 312 g/mol. The molecule has 6 heteroatoms. The van der Waals surface area contributed by atoms with Crippen LogP contribution in [0.1, 0.15) is 0 Å². The lowest BCUT2D eigenvalue weighted by atomic mass is 10.3. The molecule has 0 heterocycles. The van der Waals surface area contributed by atoms with E-state index in [4.69, 9.17) is 11.6 Å². The molecule has 2 rings (SSSR count). The second-order valence-corrected chi connectivity index (χ2v) is 5.89. The molecule has 0 spiro atoms. The predicted octanol–water partition coefficient (Wildman–Crippen LogP) is 3.23. The summed E-state index contributed by atoms with van der Waals surface area (Å²) in [6.45, 7) is 0. The molecule has 0 bridgehead atoms. The van der Waals surface area contributed by atoms with Gasteiger partial charge in [0.15, 0.2) is 0 Å². The molecule has 1 N–H and O–H groups in total. The van der Waals surface area contributed by atoms with Crippen molar-refractivity contribution < 1.29 is 13.4 Å². The van der Waals surface area contributed by atoms with E-state index in [0.717, 1.165) is 0 Å². The maximum absolute atomic E-state index is 12.7. The number of carbonyl (C=O) groups excluding carboxylic acids is 1. The number of anilines is 1. The van der Waals surface area contributed by atoms with Gasteiger partial charge in [-0.25, -0.2) is 4.39 Å². The summed E-state index contributed by atoms with van der Waals surface area (Å²) < 4.78 is 24.7. The Balaban J connectivity index is 1.97. The Hall–Kier alpha value is -1.72. The van der Waals surface area contributed by atoms with Crippen LogP contribution in [-0.2, 0) is 15.6 Å². The van der Waals surface area contributed by atoms with Gasteiger partial charge in [-0.1, -0.05) is 17.7 Å². The summed E-state index contributed by atoms with van der Waals surface area (Å²) in [5.74, 6) is -0.974. The molecular formula is C14H11ClFNO2S. The van der Waals surface area contributed by atoms with Crippen molar-refractivity contribution in [3.05, 3.63) is 59.4 Å². The Kier molecular flexibility index (Phi) is 4.87. The van der Waals surface area contributed by atoms with Crippen LogP contribution in [0.3, 0.4) is 0 Å². The highest BCUT2D eigenvalue weighted by Crippen LogP contribution is 2.14. The molecule has 2 aromatic rings. The van der Waals surface area contributed by atoms with E-state index in [1.54, 1.807) is 24.3 Å². The van der Waals surface area contributed by atoms with Crippen LogP contribution in [0.25, 0.3) is 0 Å². The fourth-order valence-corrected chi connectivity index (χ4v) is 2.76. The molecule has 0 aliphatic heterocycles. The van der Waals surface area contributed by atoms with Crippen molar-refractivity contribution in [3.63, 3.8) is 0 Å². The maximum atomic E-state index is 12.7. The number of halogens is 2. The Morgan fingerprint density at radius 1 is 1.20 bits per heavy atom. The van der Waals surface area contributed by atoms with Crippen molar-refractivity contribution in [2.45, 2.75) is 4.90 Å². The minimum Gasteiger partial charge on any atom is -0.325 e. The molecule has 0 unspecified atom stereocenters. The van der Waals surface area contributed by atoms with Crippen LogP contribution in [0, 0.1) is 5.82 Å². The molecule has 0 saturated carbocycles. The fraction of sp³-hybridized carbons (Fsp3) is 0.0714. The monoisotopic (exact) mass is 311 g/mol. The van der Waals surface area contributed by atoms with Gasteiger partial charge in [0, 0.05) is 15.6 Å².